The van der Waals surface area contributed by atoms with Crippen LogP contribution in [0.5, 0.6) is 11.5 Å². The lowest BCUT2D eigenvalue weighted by Gasteiger charge is -2.12. The normalized spacial score (nSPS) is 9.76. The van der Waals surface area contributed by atoms with Crippen LogP contribution < -0.4 is 9.47 Å². The third-order valence-electron chi connectivity index (χ3n) is 2.83. The number of carbonyl (C=O) groups excluding carboxylic acids is 1. The maximum absolute atomic E-state index is 13.3. The number of hydrogen-bond acceptors (Lipinski definition) is 4. The summed E-state index contributed by atoms with van der Waals surface area (Å²) in [5.41, 5.74) is 1.05. The van der Waals surface area contributed by atoms with Crippen molar-refractivity contribution in [3.8, 4) is 17.6 Å². The zero-order valence-electron chi connectivity index (χ0n) is 11.3. The lowest BCUT2D eigenvalue weighted by molar-refractivity contribution is 0.111. The summed E-state index contributed by atoms with van der Waals surface area (Å²) in [6, 6.07) is 10.7. The molecule has 0 aliphatic rings. The molecule has 0 aliphatic heterocycles. The highest BCUT2D eigenvalue weighted by Gasteiger charge is 2.11. The van der Waals surface area contributed by atoms with Gasteiger partial charge in [0.2, 0.25) is 0 Å². The van der Waals surface area contributed by atoms with E-state index in [9.17, 15) is 9.18 Å². The molecule has 5 heteroatoms. The van der Waals surface area contributed by atoms with Crippen molar-refractivity contribution in [1.29, 1.82) is 5.26 Å². The molecule has 0 N–H and O–H groups in total. The molecule has 0 fully saturated rings. The van der Waals surface area contributed by atoms with E-state index in [2.05, 4.69) is 0 Å². The van der Waals surface area contributed by atoms with Gasteiger partial charge in [-0.25, -0.2) is 4.39 Å². The van der Waals surface area contributed by atoms with Gasteiger partial charge >= 0.3 is 0 Å². The second-order valence-corrected chi connectivity index (χ2v) is 4.25. The standard InChI is InChI=1S/C16H12FNO3/c1-20-15-4-2-3-13(9-19)16(15)21-10-12-5-11(8-18)6-14(17)7-12/h2-7,9H,10H2,1H3. The molecule has 0 spiro atoms. The SMILES string of the molecule is COc1cccc(C=O)c1OCc1cc(F)cc(C#N)c1. The largest absolute Gasteiger partial charge is 0.493 e. The van der Waals surface area contributed by atoms with Gasteiger partial charge in [-0.05, 0) is 35.9 Å². The summed E-state index contributed by atoms with van der Waals surface area (Å²) < 4.78 is 24.0. The van der Waals surface area contributed by atoms with Crippen LogP contribution in [0.1, 0.15) is 21.5 Å². The number of aldehydes is 1. The summed E-state index contributed by atoms with van der Waals surface area (Å²) in [4.78, 5) is 11.0. The molecule has 0 bridgehead atoms. The van der Waals surface area contributed by atoms with Crippen molar-refractivity contribution in [2.75, 3.05) is 7.11 Å². The third-order valence-corrected chi connectivity index (χ3v) is 2.83. The summed E-state index contributed by atoms with van der Waals surface area (Å²) in [6.07, 6.45) is 0.657. The first-order valence-electron chi connectivity index (χ1n) is 6.12. The fourth-order valence-electron chi connectivity index (χ4n) is 1.89. The van der Waals surface area contributed by atoms with Gasteiger partial charge in [-0.3, -0.25) is 4.79 Å². The van der Waals surface area contributed by atoms with E-state index >= 15 is 0 Å². The zero-order valence-corrected chi connectivity index (χ0v) is 11.3. The molecule has 0 unspecified atom stereocenters. The molecular formula is C16H12FNO3. The van der Waals surface area contributed by atoms with Gasteiger partial charge < -0.3 is 9.47 Å². The molecule has 0 amide bonds. The van der Waals surface area contributed by atoms with Crippen LogP contribution >= 0.6 is 0 Å². The molecule has 0 atom stereocenters. The minimum atomic E-state index is -0.511. The zero-order chi connectivity index (χ0) is 15.2. The van der Waals surface area contributed by atoms with Crippen molar-refractivity contribution in [3.05, 3.63) is 58.9 Å². The molecule has 0 aliphatic carbocycles. The molecule has 4 nitrogen and oxygen atoms in total. The number of para-hydroxylation sites is 1. The first-order chi connectivity index (χ1) is 10.2. The highest BCUT2D eigenvalue weighted by Crippen LogP contribution is 2.30. The monoisotopic (exact) mass is 285 g/mol. The average molecular weight is 285 g/mol. The van der Waals surface area contributed by atoms with Crippen LogP contribution in [0.15, 0.2) is 36.4 Å². The quantitative estimate of drug-likeness (QED) is 0.792. The maximum Gasteiger partial charge on any atom is 0.172 e. The second-order valence-electron chi connectivity index (χ2n) is 4.25. The molecule has 21 heavy (non-hydrogen) atoms. The number of hydrogen-bond donors (Lipinski definition) is 0. The molecular weight excluding hydrogens is 273 g/mol. The van der Waals surface area contributed by atoms with Gasteiger partial charge in [0.05, 0.1) is 24.3 Å². The Balaban J connectivity index is 2.26. The van der Waals surface area contributed by atoms with E-state index in [1.54, 1.807) is 18.2 Å². The van der Waals surface area contributed by atoms with E-state index in [0.29, 0.717) is 23.2 Å². The van der Waals surface area contributed by atoms with Gasteiger partial charge in [0, 0.05) is 0 Å². The predicted octanol–water partition coefficient (Wildman–Crippen LogP) is 3.10. The number of rotatable bonds is 5. The summed E-state index contributed by atoms with van der Waals surface area (Å²) in [6.45, 7) is 0.0215. The molecule has 0 radical (unpaired) electrons. The van der Waals surface area contributed by atoms with Crippen molar-refractivity contribution < 1.29 is 18.7 Å². The Kier molecular flexibility index (Phi) is 4.52. The van der Waals surface area contributed by atoms with Crippen LogP contribution in [-0.4, -0.2) is 13.4 Å². The molecule has 106 valence electrons. The van der Waals surface area contributed by atoms with Gasteiger partial charge in [-0.2, -0.15) is 5.26 Å². The van der Waals surface area contributed by atoms with E-state index in [0.717, 1.165) is 6.07 Å². The molecule has 0 heterocycles. The molecule has 0 aromatic heterocycles. The Labute approximate surface area is 121 Å². The molecule has 0 saturated carbocycles. The lowest BCUT2D eigenvalue weighted by atomic mass is 10.1. The van der Waals surface area contributed by atoms with Crippen molar-refractivity contribution in [2.45, 2.75) is 6.61 Å². The number of carbonyl (C=O) groups is 1. The second kappa shape index (κ2) is 6.53. The first kappa shape index (κ1) is 14.5. The average Bonchev–Trinajstić information content (AvgIpc) is 2.51. The van der Waals surface area contributed by atoms with Gasteiger partial charge in [0.25, 0.3) is 0 Å². The van der Waals surface area contributed by atoms with Crippen molar-refractivity contribution in [3.63, 3.8) is 0 Å². The number of benzene rings is 2. The van der Waals surface area contributed by atoms with E-state index in [-0.39, 0.29) is 17.9 Å². The number of nitriles is 1. The van der Waals surface area contributed by atoms with Gasteiger partial charge in [0.1, 0.15) is 12.4 Å². The number of halogens is 1. The van der Waals surface area contributed by atoms with Crippen LogP contribution in [0.2, 0.25) is 0 Å². The van der Waals surface area contributed by atoms with E-state index < -0.39 is 5.82 Å². The summed E-state index contributed by atoms with van der Waals surface area (Å²) in [7, 11) is 1.47. The number of methoxy groups -OCH3 is 1. The highest BCUT2D eigenvalue weighted by molar-refractivity contribution is 5.81. The fraction of sp³-hybridized carbons (Fsp3) is 0.125. The van der Waals surface area contributed by atoms with Crippen LogP contribution in [0.4, 0.5) is 4.39 Å². The third kappa shape index (κ3) is 3.37. The first-order valence-corrected chi connectivity index (χ1v) is 6.12. The Bertz CT molecular complexity index is 707. The van der Waals surface area contributed by atoms with Crippen molar-refractivity contribution in [1.82, 2.24) is 0 Å². The minimum absolute atomic E-state index is 0.0215. The smallest absolute Gasteiger partial charge is 0.172 e. The minimum Gasteiger partial charge on any atom is -0.493 e. The van der Waals surface area contributed by atoms with Crippen molar-refractivity contribution in [2.24, 2.45) is 0 Å². The summed E-state index contributed by atoms with van der Waals surface area (Å²) in [5.74, 6) is 0.192. The summed E-state index contributed by atoms with van der Waals surface area (Å²) in [5, 5.41) is 8.81. The molecule has 2 aromatic rings. The predicted molar refractivity (Wildman–Crippen MR) is 73.8 cm³/mol. The topological polar surface area (TPSA) is 59.3 Å². The van der Waals surface area contributed by atoms with Gasteiger partial charge in [-0.15, -0.1) is 0 Å². The Hall–Kier alpha value is -2.87. The number of nitrogens with zero attached hydrogens (tertiary/aromatic N) is 1. The van der Waals surface area contributed by atoms with Crippen LogP contribution in [0.3, 0.4) is 0 Å². The number of ether oxygens (including phenoxy) is 2. The van der Waals surface area contributed by atoms with Crippen LogP contribution in [0.25, 0.3) is 0 Å². The Morgan fingerprint density at radius 1 is 1.33 bits per heavy atom. The maximum atomic E-state index is 13.3. The Morgan fingerprint density at radius 2 is 2.14 bits per heavy atom. The highest BCUT2D eigenvalue weighted by atomic mass is 19.1. The van der Waals surface area contributed by atoms with E-state index in [4.69, 9.17) is 14.7 Å². The van der Waals surface area contributed by atoms with Crippen molar-refractivity contribution >= 4 is 6.29 Å². The lowest BCUT2D eigenvalue weighted by Crippen LogP contribution is -2.01. The van der Waals surface area contributed by atoms with Gasteiger partial charge in [0.15, 0.2) is 17.8 Å². The van der Waals surface area contributed by atoms with Gasteiger partial charge in [-0.1, -0.05) is 6.07 Å². The van der Waals surface area contributed by atoms with Crippen LogP contribution in [0, 0.1) is 17.1 Å². The molecule has 2 aromatic carbocycles. The molecule has 2 rings (SSSR count). The van der Waals surface area contributed by atoms with Crippen LogP contribution in [-0.2, 0) is 6.61 Å². The fourth-order valence-corrected chi connectivity index (χ4v) is 1.89. The van der Waals surface area contributed by atoms with E-state index in [1.165, 1.54) is 19.2 Å². The summed E-state index contributed by atoms with van der Waals surface area (Å²) >= 11 is 0. The Morgan fingerprint density at radius 3 is 2.81 bits per heavy atom. The van der Waals surface area contributed by atoms with E-state index in [1.807, 2.05) is 6.07 Å². The molecule has 0 saturated heterocycles.